The predicted octanol–water partition coefficient (Wildman–Crippen LogP) is 6.16. The van der Waals surface area contributed by atoms with Crippen LogP contribution in [0.3, 0.4) is 0 Å². The standard InChI is InChI=1S/C30H27N3O3/c34-29-23-10-4-5-11-24(23)30(36-29)25-14-12-22(32-33-16-6-7-17-33)19-28(25)35-27-15-13-21(18-26(27)30)31-20-8-2-1-3-9-20/h4-7,10-11,13-20,31H,1-3,8-9,12H2/b32-22+. The quantitative estimate of drug-likeness (QED) is 0.459. The Morgan fingerprint density at radius 2 is 1.81 bits per heavy atom. The average molecular weight is 478 g/mol. The van der Waals surface area contributed by atoms with Crippen molar-refractivity contribution in [3.05, 3.63) is 107 Å². The van der Waals surface area contributed by atoms with Crippen molar-refractivity contribution in [1.82, 2.24) is 4.68 Å². The van der Waals surface area contributed by atoms with Crippen LogP contribution in [0.1, 0.15) is 60.0 Å². The number of fused-ring (bicyclic) bond motifs is 6. The van der Waals surface area contributed by atoms with E-state index >= 15 is 0 Å². The Hall–Kier alpha value is -4.06. The van der Waals surface area contributed by atoms with Crippen LogP contribution in [0.5, 0.6) is 5.75 Å². The molecule has 4 aliphatic rings. The molecule has 2 aliphatic carbocycles. The van der Waals surface area contributed by atoms with Crippen molar-refractivity contribution in [2.45, 2.75) is 50.2 Å². The molecule has 1 atom stereocenters. The molecule has 0 saturated heterocycles. The summed E-state index contributed by atoms with van der Waals surface area (Å²) in [5, 5.41) is 8.42. The summed E-state index contributed by atoms with van der Waals surface area (Å²) in [6, 6.07) is 18.2. The van der Waals surface area contributed by atoms with Crippen molar-refractivity contribution in [2.75, 3.05) is 5.32 Å². The maximum Gasteiger partial charge on any atom is 0.340 e. The zero-order valence-electron chi connectivity index (χ0n) is 19.9. The van der Waals surface area contributed by atoms with Crippen LogP contribution in [0.4, 0.5) is 5.69 Å². The summed E-state index contributed by atoms with van der Waals surface area (Å²) in [7, 11) is 0. The molecule has 2 aliphatic heterocycles. The molecule has 0 amide bonds. The smallest absolute Gasteiger partial charge is 0.340 e. The number of anilines is 1. The zero-order valence-corrected chi connectivity index (χ0v) is 19.9. The molecule has 0 bridgehead atoms. The van der Waals surface area contributed by atoms with Crippen LogP contribution >= 0.6 is 0 Å². The second kappa shape index (κ2) is 8.26. The van der Waals surface area contributed by atoms with Gasteiger partial charge >= 0.3 is 5.97 Å². The van der Waals surface area contributed by atoms with Gasteiger partial charge in [0, 0.05) is 53.3 Å². The zero-order chi connectivity index (χ0) is 24.1. The lowest BCUT2D eigenvalue weighted by Crippen LogP contribution is -2.37. The van der Waals surface area contributed by atoms with Gasteiger partial charge in [0.15, 0.2) is 5.60 Å². The van der Waals surface area contributed by atoms with E-state index in [1.165, 1.54) is 32.1 Å². The number of nitrogens with one attached hydrogen (secondary N) is 1. The van der Waals surface area contributed by atoms with Gasteiger partial charge in [-0.2, -0.15) is 5.10 Å². The van der Waals surface area contributed by atoms with Gasteiger partial charge in [-0.05, 0) is 49.2 Å². The topological polar surface area (TPSA) is 64.8 Å². The van der Waals surface area contributed by atoms with E-state index in [-0.39, 0.29) is 5.97 Å². The molecule has 1 saturated carbocycles. The summed E-state index contributed by atoms with van der Waals surface area (Å²) in [6.45, 7) is 0. The number of nitrogens with zero attached hydrogens (tertiary/aromatic N) is 2. The highest BCUT2D eigenvalue weighted by molar-refractivity contribution is 6.01. The van der Waals surface area contributed by atoms with E-state index in [0.29, 0.717) is 29.5 Å². The lowest BCUT2D eigenvalue weighted by molar-refractivity contribution is 0.0201. The molecule has 3 aromatic rings. The molecule has 6 heteroatoms. The lowest BCUT2D eigenvalue weighted by atomic mass is 9.75. The van der Waals surface area contributed by atoms with Gasteiger partial charge in [-0.1, -0.05) is 43.5 Å². The normalized spacial score (nSPS) is 23.8. The molecule has 6 nitrogen and oxygen atoms in total. The summed E-state index contributed by atoms with van der Waals surface area (Å²) in [6.07, 6.45) is 14.7. The second-order valence-electron chi connectivity index (χ2n) is 9.89. The Kier molecular flexibility index (Phi) is 4.87. The number of carbonyl (C=O) groups is 1. The first-order valence-corrected chi connectivity index (χ1v) is 12.8. The highest BCUT2D eigenvalue weighted by Crippen LogP contribution is 2.56. The maximum atomic E-state index is 13.1. The van der Waals surface area contributed by atoms with Gasteiger partial charge < -0.3 is 14.8 Å². The molecule has 3 heterocycles. The molecule has 1 fully saturated rings. The first kappa shape index (κ1) is 21.2. The number of esters is 1. The second-order valence-corrected chi connectivity index (χ2v) is 9.89. The molecule has 180 valence electrons. The molecule has 1 unspecified atom stereocenters. The number of rotatable bonds is 3. The molecule has 1 aromatic heterocycles. The van der Waals surface area contributed by atoms with Crippen molar-refractivity contribution in [1.29, 1.82) is 0 Å². The van der Waals surface area contributed by atoms with Crippen molar-refractivity contribution in [3.8, 4) is 5.75 Å². The molecular formula is C30H27N3O3. The Morgan fingerprint density at radius 3 is 2.67 bits per heavy atom. The average Bonchev–Trinajstić information content (AvgIpc) is 3.52. The summed E-state index contributed by atoms with van der Waals surface area (Å²) in [4.78, 5) is 13.1. The van der Waals surface area contributed by atoms with Crippen LogP contribution < -0.4 is 10.1 Å². The summed E-state index contributed by atoms with van der Waals surface area (Å²) < 4.78 is 14.6. The highest BCUT2D eigenvalue weighted by Gasteiger charge is 2.55. The largest absolute Gasteiger partial charge is 0.456 e. The summed E-state index contributed by atoms with van der Waals surface area (Å²) in [5.74, 6) is 1.05. The van der Waals surface area contributed by atoms with Gasteiger partial charge in [-0.3, -0.25) is 0 Å². The van der Waals surface area contributed by atoms with E-state index in [0.717, 1.165) is 28.1 Å². The van der Waals surface area contributed by atoms with Gasteiger partial charge in [0.25, 0.3) is 0 Å². The minimum Gasteiger partial charge on any atom is -0.456 e. The molecule has 7 rings (SSSR count). The fourth-order valence-electron chi connectivity index (χ4n) is 5.95. The lowest BCUT2D eigenvalue weighted by Gasteiger charge is -2.39. The first-order chi connectivity index (χ1) is 17.7. The van der Waals surface area contributed by atoms with Crippen LogP contribution in [-0.2, 0) is 10.3 Å². The molecule has 1 N–H and O–H groups in total. The van der Waals surface area contributed by atoms with Crippen LogP contribution in [0.2, 0.25) is 0 Å². The molecule has 36 heavy (non-hydrogen) atoms. The monoisotopic (exact) mass is 477 g/mol. The van der Waals surface area contributed by atoms with Gasteiger partial charge in [0.1, 0.15) is 11.5 Å². The van der Waals surface area contributed by atoms with Gasteiger partial charge in [-0.15, -0.1) is 0 Å². The fraction of sp³-hybridized carbons (Fsp3) is 0.267. The third kappa shape index (κ3) is 3.32. The number of carbonyl (C=O) groups excluding carboxylic acids is 1. The van der Waals surface area contributed by atoms with Gasteiger partial charge in [0.05, 0.1) is 11.3 Å². The van der Waals surface area contributed by atoms with Crippen molar-refractivity contribution in [2.24, 2.45) is 5.10 Å². The molecule has 0 radical (unpaired) electrons. The van der Waals surface area contributed by atoms with Gasteiger partial charge in [-0.25, -0.2) is 9.47 Å². The van der Waals surface area contributed by atoms with Crippen LogP contribution in [0.15, 0.2) is 95.6 Å². The minimum atomic E-state index is -1.05. The van der Waals surface area contributed by atoms with E-state index < -0.39 is 5.60 Å². The number of allylic oxidation sites excluding steroid dienone is 2. The first-order valence-electron chi connectivity index (χ1n) is 12.8. The van der Waals surface area contributed by atoms with E-state index in [9.17, 15) is 4.79 Å². The van der Waals surface area contributed by atoms with E-state index in [1.54, 1.807) is 4.68 Å². The van der Waals surface area contributed by atoms with Crippen molar-refractivity contribution >= 4 is 17.4 Å². The Labute approximate surface area is 209 Å². The molecular weight excluding hydrogens is 450 g/mol. The number of benzene rings is 2. The predicted molar refractivity (Wildman–Crippen MR) is 138 cm³/mol. The summed E-state index contributed by atoms with van der Waals surface area (Å²) in [5.41, 5.74) is 4.03. The highest BCUT2D eigenvalue weighted by atomic mass is 16.6. The van der Waals surface area contributed by atoms with Crippen LogP contribution in [0.25, 0.3) is 0 Å². The van der Waals surface area contributed by atoms with Gasteiger partial charge in [0.2, 0.25) is 0 Å². The van der Waals surface area contributed by atoms with Crippen molar-refractivity contribution in [3.63, 3.8) is 0 Å². The number of hydrogen-bond donors (Lipinski definition) is 1. The van der Waals surface area contributed by atoms with E-state index in [4.69, 9.17) is 14.6 Å². The van der Waals surface area contributed by atoms with Crippen molar-refractivity contribution < 1.29 is 14.3 Å². The fourth-order valence-corrected chi connectivity index (χ4v) is 5.95. The SMILES string of the molecule is O=C1OC2(C3=CC/C(=N\n4cccc4)C=C3Oc3ccc(NC4CCCCC4)cc32)c2ccccc21. The number of ether oxygens (including phenoxy) is 2. The van der Waals surface area contributed by atoms with Crippen LogP contribution in [-0.4, -0.2) is 22.4 Å². The third-order valence-electron chi connectivity index (χ3n) is 7.62. The molecule has 2 aromatic carbocycles. The summed E-state index contributed by atoms with van der Waals surface area (Å²) >= 11 is 0. The third-order valence-corrected chi connectivity index (χ3v) is 7.62. The number of aromatic nitrogens is 1. The number of hydrogen-bond acceptors (Lipinski definition) is 5. The maximum absolute atomic E-state index is 13.1. The Balaban J connectivity index is 1.37. The van der Waals surface area contributed by atoms with E-state index in [2.05, 4.69) is 23.5 Å². The Bertz CT molecular complexity index is 1440. The minimum absolute atomic E-state index is 0.309. The van der Waals surface area contributed by atoms with E-state index in [1.807, 2.05) is 60.9 Å². The Morgan fingerprint density at radius 1 is 0.972 bits per heavy atom. The molecule has 1 spiro atoms. The van der Waals surface area contributed by atoms with Crippen LogP contribution in [0, 0.1) is 0 Å².